The first-order valence-electron chi connectivity index (χ1n) is 5.29. The molecule has 3 N–H and O–H groups in total. The third-order valence-electron chi connectivity index (χ3n) is 2.89. The normalized spacial score (nSPS) is 19.1. The van der Waals surface area contributed by atoms with Crippen LogP contribution in [-0.4, -0.2) is 25.1 Å². The Labute approximate surface area is 95.2 Å². The number of fused-ring (bicyclic) bond motifs is 3. The fraction of sp³-hybridized carbons (Fsp3) is 0.444. The highest BCUT2D eigenvalue weighted by Gasteiger charge is 2.21. The maximum absolute atomic E-state index is 11.8. The lowest BCUT2D eigenvalue weighted by Crippen LogP contribution is -2.41. The molecule has 0 aromatic carbocycles. The molecule has 0 saturated carbocycles. The Morgan fingerprint density at radius 2 is 2.18 bits per heavy atom. The van der Waals surface area contributed by atoms with Crippen molar-refractivity contribution < 1.29 is 0 Å². The number of H-pyrrole nitrogens is 1. The van der Waals surface area contributed by atoms with Gasteiger partial charge in [-0.15, -0.1) is 0 Å². The summed E-state index contributed by atoms with van der Waals surface area (Å²) >= 11 is 0. The van der Waals surface area contributed by atoms with Crippen molar-refractivity contribution in [3.05, 3.63) is 20.8 Å². The van der Waals surface area contributed by atoms with Gasteiger partial charge < -0.3 is 4.57 Å². The summed E-state index contributed by atoms with van der Waals surface area (Å²) in [5, 5.41) is 0. The van der Waals surface area contributed by atoms with E-state index in [4.69, 9.17) is 0 Å². The zero-order valence-corrected chi connectivity index (χ0v) is 9.44. The molecule has 1 aliphatic rings. The molecule has 17 heavy (non-hydrogen) atoms. The van der Waals surface area contributed by atoms with Crippen molar-refractivity contribution in [1.82, 2.24) is 24.5 Å². The molecule has 90 valence electrons. The van der Waals surface area contributed by atoms with Crippen LogP contribution in [0.5, 0.6) is 0 Å². The predicted molar refractivity (Wildman–Crippen MR) is 61.8 cm³/mol. The van der Waals surface area contributed by atoms with E-state index in [1.807, 2.05) is 6.92 Å². The van der Waals surface area contributed by atoms with Crippen LogP contribution in [0.4, 0.5) is 5.95 Å². The van der Waals surface area contributed by atoms with Crippen LogP contribution in [0.25, 0.3) is 11.2 Å². The number of aromatic amines is 1. The van der Waals surface area contributed by atoms with Crippen LogP contribution in [-0.2, 0) is 13.6 Å². The number of nitrogens with zero attached hydrogens (tertiary/aromatic N) is 3. The first-order chi connectivity index (χ1) is 8.08. The summed E-state index contributed by atoms with van der Waals surface area (Å²) in [7, 11) is 1.58. The van der Waals surface area contributed by atoms with Gasteiger partial charge in [-0.05, 0) is 6.92 Å². The highest BCUT2D eigenvalue weighted by atomic mass is 16.2. The molecule has 1 atom stereocenters. The van der Waals surface area contributed by atoms with Crippen LogP contribution < -0.4 is 22.1 Å². The molecular weight excluding hydrogens is 224 g/mol. The van der Waals surface area contributed by atoms with Crippen molar-refractivity contribution in [1.29, 1.82) is 0 Å². The number of anilines is 1. The molecule has 2 aromatic heterocycles. The number of hydrogen-bond donors (Lipinski definition) is 3. The van der Waals surface area contributed by atoms with Gasteiger partial charge >= 0.3 is 5.69 Å². The van der Waals surface area contributed by atoms with E-state index in [-0.39, 0.29) is 6.04 Å². The number of nitrogens with one attached hydrogen (secondary N) is 3. The number of rotatable bonds is 0. The zero-order chi connectivity index (χ0) is 12.2. The van der Waals surface area contributed by atoms with Gasteiger partial charge in [0, 0.05) is 19.6 Å². The van der Waals surface area contributed by atoms with E-state index in [1.54, 1.807) is 11.6 Å². The topological polar surface area (TPSA) is 96.7 Å². The number of hydrazine groups is 1. The van der Waals surface area contributed by atoms with Crippen LogP contribution in [0.3, 0.4) is 0 Å². The third kappa shape index (κ3) is 1.30. The van der Waals surface area contributed by atoms with Gasteiger partial charge in [-0.25, -0.2) is 10.2 Å². The maximum Gasteiger partial charge on any atom is 0.329 e. The van der Waals surface area contributed by atoms with Gasteiger partial charge in [-0.2, -0.15) is 4.98 Å². The van der Waals surface area contributed by atoms with E-state index in [1.165, 1.54) is 4.57 Å². The highest BCUT2D eigenvalue weighted by molar-refractivity contribution is 5.74. The summed E-state index contributed by atoms with van der Waals surface area (Å²) in [5.41, 5.74) is 5.87. The van der Waals surface area contributed by atoms with Gasteiger partial charge in [0.2, 0.25) is 5.95 Å². The SMILES string of the molecule is C[C@@H]1Cn2c(nc3c2c(=O)[nH]c(=O)n3C)NN1. The first kappa shape index (κ1) is 10.1. The summed E-state index contributed by atoms with van der Waals surface area (Å²) < 4.78 is 3.10. The minimum Gasteiger partial charge on any atom is -0.302 e. The molecule has 8 heteroatoms. The summed E-state index contributed by atoms with van der Waals surface area (Å²) in [6.45, 7) is 2.61. The summed E-state index contributed by atoms with van der Waals surface area (Å²) in [6, 6.07) is 0.177. The Morgan fingerprint density at radius 3 is 2.94 bits per heavy atom. The molecule has 1 aliphatic heterocycles. The number of hydrogen-bond acceptors (Lipinski definition) is 5. The zero-order valence-electron chi connectivity index (χ0n) is 9.44. The maximum atomic E-state index is 11.8. The van der Waals surface area contributed by atoms with Gasteiger partial charge in [0.25, 0.3) is 5.56 Å². The van der Waals surface area contributed by atoms with Crippen LogP contribution in [0.2, 0.25) is 0 Å². The lowest BCUT2D eigenvalue weighted by atomic mass is 10.3. The summed E-state index contributed by atoms with van der Waals surface area (Å²) in [6.07, 6.45) is 0. The lowest BCUT2D eigenvalue weighted by molar-refractivity contribution is 0.483. The Kier molecular flexibility index (Phi) is 1.90. The fourth-order valence-electron chi connectivity index (χ4n) is 2.02. The first-order valence-corrected chi connectivity index (χ1v) is 5.29. The van der Waals surface area contributed by atoms with E-state index in [2.05, 4.69) is 20.8 Å². The Hall–Kier alpha value is -2.09. The minimum atomic E-state index is -0.459. The smallest absolute Gasteiger partial charge is 0.302 e. The van der Waals surface area contributed by atoms with Gasteiger partial charge in [0.05, 0.1) is 0 Å². The second kappa shape index (κ2) is 3.20. The minimum absolute atomic E-state index is 0.177. The molecule has 0 bridgehead atoms. The molecule has 2 aromatic rings. The molecular formula is C9H12N6O2. The fourth-order valence-corrected chi connectivity index (χ4v) is 2.02. The van der Waals surface area contributed by atoms with Crippen molar-refractivity contribution in [2.24, 2.45) is 7.05 Å². The molecule has 0 amide bonds. The standard InChI is InChI=1S/C9H12N6O2/c1-4-3-15-5-6(10-8(15)13-12-4)14(2)9(17)11-7(5)16/h4,12H,3H2,1-2H3,(H,10,13)(H,11,16,17)/t4-/m1/s1. The molecule has 0 aliphatic carbocycles. The highest BCUT2D eigenvalue weighted by Crippen LogP contribution is 2.17. The number of aromatic nitrogens is 4. The molecule has 3 heterocycles. The average molecular weight is 236 g/mol. The second-order valence-electron chi connectivity index (χ2n) is 4.21. The van der Waals surface area contributed by atoms with Crippen LogP contribution in [0, 0.1) is 0 Å². The molecule has 8 nitrogen and oxygen atoms in total. The van der Waals surface area contributed by atoms with E-state index in [0.29, 0.717) is 23.7 Å². The monoisotopic (exact) mass is 236 g/mol. The Bertz CT molecular complexity index is 709. The number of imidazole rings is 1. The Morgan fingerprint density at radius 1 is 1.41 bits per heavy atom. The molecule has 0 fully saturated rings. The molecule has 0 radical (unpaired) electrons. The van der Waals surface area contributed by atoms with E-state index >= 15 is 0 Å². The van der Waals surface area contributed by atoms with E-state index < -0.39 is 11.2 Å². The van der Waals surface area contributed by atoms with Gasteiger partial charge in [0.1, 0.15) is 0 Å². The average Bonchev–Trinajstić information content (AvgIpc) is 2.65. The van der Waals surface area contributed by atoms with Crippen LogP contribution >= 0.6 is 0 Å². The van der Waals surface area contributed by atoms with Crippen LogP contribution in [0.15, 0.2) is 9.59 Å². The van der Waals surface area contributed by atoms with Crippen molar-refractivity contribution >= 4 is 17.1 Å². The van der Waals surface area contributed by atoms with Gasteiger partial charge in [0.15, 0.2) is 11.2 Å². The molecule has 0 unspecified atom stereocenters. The second-order valence-corrected chi connectivity index (χ2v) is 4.21. The number of aryl methyl sites for hydroxylation is 1. The molecule has 0 saturated heterocycles. The van der Waals surface area contributed by atoms with Gasteiger partial charge in [-0.1, -0.05) is 0 Å². The lowest BCUT2D eigenvalue weighted by Gasteiger charge is -2.22. The van der Waals surface area contributed by atoms with Crippen molar-refractivity contribution in [2.75, 3.05) is 5.43 Å². The van der Waals surface area contributed by atoms with Gasteiger partial charge in [-0.3, -0.25) is 19.8 Å². The van der Waals surface area contributed by atoms with Crippen molar-refractivity contribution in [2.45, 2.75) is 19.5 Å². The van der Waals surface area contributed by atoms with Crippen molar-refractivity contribution in [3.63, 3.8) is 0 Å². The Balaban J connectivity index is 2.44. The molecule has 3 rings (SSSR count). The largest absolute Gasteiger partial charge is 0.329 e. The summed E-state index contributed by atoms with van der Waals surface area (Å²) in [4.78, 5) is 29.8. The van der Waals surface area contributed by atoms with Crippen molar-refractivity contribution in [3.8, 4) is 0 Å². The third-order valence-corrected chi connectivity index (χ3v) is 2.89. The predicted octanol–water partition coefficient (Wildman–Crippen LogP) is -1.26. The quantitative estimate of drug-likeness (QED) is 0.530. The van der Waals surface area contributed by atoms with E-state index in [9.17, 15) is 9.59 Å². The van der Waals surface area contributed by atoms with Crippen LogP contribution in [0.1, 0.15) is 6.92 Å². The summed E-state index contributed by atoms with van der Waals surface area (Å²) in [5.74, 6) is 0.546. The molecule has 0 spiro atoms. The van der Waals surface area contributed by atoms with E-state index in [0.717, 1.165) is 0 Å².